The maximum Gasteiger partial charge on any atom is 0.126 e. The normalized spacial score (nSPS) is 12.2. The molecule has 0 spiro atoms. The molecule has 0 saturated heterocycles. The molecule has 1 atom stereocenters. The van der Waals surface area contributed by atoms with E-state index in [9.17, 15) is 4.39 Å². The highest BCUT2D eigenvalue weighted by atomic mass is 19.1. The molecule has 0 heterocycles. The average molecular weight is 259 g/mol. The third-order valence-corrected chi connectivity index (χ3v) is 3.31. The van der Waals surface area contributed by atoms with Gasteiger partial charge in [0.15, 0.2) is 0 Å². The Hall–Kier alpha value is -1.87. The largest absolute Gasteiger partial charge is 0.496 e. The number of hydrogen-bond acceptors (Lipinski definition) is 2. The van der Waals surface area contributed by atoms with Gasteiger partial charge in [-0.15, -0.1) is 0 Å². The van der Waals surface area contributed by atoms with Crippen LogP contribution in [0.25, 0.3) is 11.1 Å². The van der Waals surface area contributed by atoms with E-state index in [0.717, 1.165) is 22.4 Å². The van der Waals surface area contributed by atoms with Crippen LogP contribution in [-0.2, 0) is 0 Å². The highest BCUT2D eigenvalue weighted by Gasteiger charge is 2.14. The molecule has 2 nitrogen and oxygen atoms in total. The van der Waals surface area contributed by atoms with Crippen LogP contribution in [0.4, 0.5) is 4.39 Å². The predicted octanol–water partition coefficient (Wildman–Crippen LogP) is 3.78. The van der Waals surface area contributed by atoms with E-state index in [2.05, 4.69) is 5.32 Å². The molecule has 0 aliphatic heterocycles. The van der Waals surface area contributed by atoms with Crippen molar-refractivity contribution in [3.8, 4) is 16.9 Å². The first-order valence-electron chi connectivity index (χ1n) is 6.27. The minimum atomic E-state index is -0.243. The predicted molar refractivity (Wildman–Crippen MR) is 75.9 cm³/mol. The number of para-hydroxylation sites is 1. The number of nitrogens with one attached hydrogen (secondary N) is 1. The second-order valence-electron chi connectivity index (χ2n) is 4.44. The molecule has 2 rings (SSSR count). The van der Waals surface area contributed by atoms with Crippen molar-refractivity contribution in [3.63, 3.8) is 0 Å². The zero-order valence-corrected chi connectivity index (χ0v) is 11.4. The third kappa shape index (κ3) is 2.76. The Balaban J connectivity index is 2.63. The topological polar surface area (TPSA) is 21.3 Å². The number of benzene rings is 2. The molecule has 0 fully saturated rings. The summed E-state index contributed by atoms with van der Waals surface area (Å²) >= 11 is 0. The van der Waals surface area contributed by atoms with Crippen LogP contribution >= 0.6 is 0 Å². The van der Waals surface area contributed by atoms with Crippen LogP contribution in [0, 0.1) is 5.82 Å². The molecule has 0 aliphatic carbocycles. The molecule has 0 aromatic heterocycles. The van der Waals surface area contributed by atoms with Crippen molar-refractivity contribution < 1.29 is 9.13 Å². The summed E-state index contributed by atoms with van der Waals surface area (Å²) in [6.45, 7) is 2.05. The van der Waals surface area contributed by atoms with Crippen molar-refractivity contribution in [2.24, 2.45) is 0 Å². The Labute approximate surface area is 113 Å². The zero-order valence-electron chi connectivity index (χ0n) is 11.4. The van der Waals surface area contributed by atoms with E-state index >= 15 is 0 Å². The van der Waals surface area contributed by atoms with Crippen LogP contribution in [0.3, 0.4) is 0 Å². The van der Waals surface area contributed by atoms with Crippen LogP contribution in [0.1, 0.15) is 18.5 Å². The Morgan fingerprint density at radius 2 is 1.84 bits per heavy atom. The monoisotopic (exact) mass is 259 g/mol. The van der Waals surface area contributed by atoms with Gasteiger partial charge >= 0.3 is 0 Å². The summed E-state index contributed by atoms with van der Waals surface area (Å²) in [5, 5.41) is 3.19. The molecule has 0 bridgehead atoms. The van der Waals surface area contributed by atoms with Gasteiger partial charge < -0.3 is 10.1 Å². The lowest BCUT2D eigenvalue weighted by atomic mass is 9.95. The summed E-state index contributed by atoms with van der Waals surface area (Å²) in [5.41, 5.74) is 2.81. The summed E-state index contributed by atoms with van der Waals surface area (Å²) < 4.78 is 18.9. The summed E-state index contributed by atoms with van der Waals surface area (Å²) in [5.74, 6) is 0.505. The van der Waals surface area contributed by atoms with Crippen molar-refractivity contribution in [2.75, 3.05) is 14.2 Å². The lowest BCUT2D eigenvalue weighted by Gasteiger charge is -2.17. The molecule has 1 N–H and O–H groups in total. The van der Waals surface area contributed by atoms with Crippen LogP contribution in [-0.4, -0.2) is 14.2 Å². The van der Waals surface area contributed by atoms with E-state index in [4.69, 9.17) is 4.74 Å². The highest BCUT2D eigenvalue weighted by molar-refractivity contribution is 5.73. The summed E-state index contributed by atoms with van der Waals surface area (Å²) in [7, 11) is 3.51. The number of methoxy groups -OCH3 is 1. The molecular weight excluding hydrogens is 241 g/mol. The van der Waals surface area contributed by atoms with Crippen molar-refractivity contribution >= 4 is 0 Å². The van der Waals surface area contributed by atoms with E-state index in [1.54, 1.807) is 13.2 Å². The van der Waals surface area contributed by atoms with Crippen molar-refractivity contribution in [3.05, 3.63) is 53.8 Å². The quantitative estimate of drug-likeness (QED) is 0.902. The first kappa shape index (κ1) is 13.6. The molecule has 3 heteroatoms. The highest BCUT2D eigenvalue weighted by Crippen LogP contribution is 2.35. The third-order valence-electron chi connectivity index (χ3n) is 3.31. The van der Waals surface area contributed by atoms with Crippen LogP contribution in [0.5, 0.6) is 5.75 Å². The Kier molecular flexibility index (Phi) is 4.17. The Morgan fingerprint density at radius 3 is 2.53 bits per heavy atom. The van der Waals surface area contributed by atoms with E-state index in [0.29, 0.717) is 0 Å². The van der Waals surface area contributed by atoms with Gasteiger partial charge in [-0.2, -0.15) is 0 Å². The van der Waals surface area contributed by atoms with Crippen LogP contribution in [0.15, 0.2) is 42.5 Å². The Bertz CT molecular complexity index is 568. The minimum absolute atomic E-state index is 0.139. The van der Waals surface area contributed by atoms with Crippen LogP contribution in [0.2, 0.25) is 0 Å². The van der Waals surface area contributed by atoms with E-state index < -0.39 is 0 Å². The van der Waals surface area contributed by atoms with Crippen molar-refractivity contribution in [1.82, 2.24) is 5.32 Å². The summed E-state index contributed by atoms with van der Waals surface area (Å²) in [6, 6.07) is 12.7. The number of hydrogen-bond donors (Lipinski definition) is 1. The van der Waals surface area contributed by atoms with E-state index in [1.165, 1.54) is 6.07 Å². The second-order valence-corrected chi connectivity index (χ2v) is 4.44. The lowest BCUT2D eigenvalue weighted by molar-refractivity contribution is 0.416. The second kappa shape index (κ2) is 5.85. The molecule has 0 amide bonds. The van der Waals surface area contributed by atoms with E-state index in [-0.39, 0.29) is 11.9 Å². The molecule has 2 aromatic carbocycles. The molecule has 0 aliphatic rings. The van der Waals surface area contributed by atoms with Crippen molar-refractivity contribution in [2.45, 2.75) is 13.0 Å². The standard InChI is InChI=1S/C16H18FNO/c1-11(18-2)13-9-8-12(17)10-15(13)14-6-4-5-7-16(14)19-3/h4-11,18H,1-3H3. The minimum Gasteiger partial charge on any atom is -0.496 e. The molecule has 19 heavy (non-hydrogen) atoms. The van der Waals surface area contributed by atoms with E-state index in [1.807, 2.05) is 44.3 Å². The smallest absolute Gasteiger partial charge is 0.126 e. The lowest BCUT2D eigenvalue weighted by Crippen LogP contribution is -2.13. The Morgan fingerprint density at radius 1 is 1.11 bits per heavy atom. The van der Waals surface area contributed by atoms with Gasteiger partial charge in [0.25, 0.3) is 0 Å². The molecule has 0 saturated carbocycles. The van der Waals surface area contributed by atoms with Crippen molar-refractivity contribution in [1.29, 1.82) is 0 Å². The maximum absolute atomic E-state index is 13.6. The van der Waals surface area contributed by atoms with Gasteiger partial charge in [-0.3, -0.25) is 0 Å². The van der Waals surface area contributed by atoms with Gasteiger partial charge in [-0.1, -0.05) is 24.3 Å². The first-order chi connectivity index (χ1) is 9.17. The first-order valence-corrected chi connectivity index (χ1v) is 6.27. The molecule has 0 radical (unpaired) electrons. The fraction of sp³-hybridized carbons (Fsp3) is 0.250. The molecule has 100 valence electrons. The maximum atomic E-state index is 13.6. The summed E-state index contributed by atoms with van der Waals surface area (Å²) in [6.07, 6.45) is 0. The molecule has 2 aromatic rings. The number of ether oxygens (including phenoxy) is 1. The SMILES string of the molecule is CNC(C)c1ccc(F)cc1-c1ccccc1OC. The van der Waals surface area contributed by atoms with Gasteiger partial charge in [0.05, 0.1) is 7.11 Å². The van der Waals surface area contributed by atoms with Gasteiger partial charge in [0, 0.05) is 11.6 Å². The zero-order chi connectivity index (χ0) is 13.8. The number of halogens is 1. The summed E-state index contributed by atoms with van der Waals surface area (Å²) in [4.78, 5) is 0. The molecule has 1 unspecified atom stereocenters. The van der Waals surface area contributed by atoms with Gasteiger partial charge in [0.2, 0.25) is 0 Å². The van der Waals surface area contributed by atoms with Crippen LogP contribution < -0.4 is 10.1 Å². The van der Waals surface area contributed by atoms with Gasteiger partial charge in [0.1, 0.15) is 11.6 Å². The van der Waals surface area contributed by atoms with Gasteiger partial charge in [-0.25, -0.2) is 4.39 Å². The molecular formula is C16H18FNO. The fourth-order valence-electron chi connectivity index (χ4n) is 2.16. The fourth-order valence-corrected chi connectivity index (χ4v) is 2.16. The van der Waals surface area contributed by atoms with Gasteiger partial charge in [-0.05, 0) is 43.3 Å². The average Bonchev–Trinajstić information content (AvgIpc) is 2.46. The number of rotatable bonds is 4.